The summed E-state index contributed by atoms with van der Waals surface area (Å²) in [5.41, 5.74) is 1.69. The summed E-state index contributed by atoms with van der Waals surface area (Å²) < 4.78 is 10.6. The summed E-state index contributed by atoms with van der Waals surface area (Å²) in [6.07, 6.45) is 1.04. The van der Waals surface area contributed by atoms with Crippen molar-refractivity contribution in [3.05, 3.63) is 59.7 Å². The van der Waals surface area contributed by atoms with E-state index >= 15 is 0 Å². The molecule has 1 fully saturated rings. The van der Waals surface area contributed by atoms with Crippen molar-refractivity contribution in [3.63, 3.8) is 0 Å². The van der Waals surface area contributed by atoms with Crippen LogP contribution in [0.5, 0.6) is 11.5 Å². The number of hydrogen-bond acceptors (Lipinski definition) is 4. The van der Waals surface area contributed by atoms with Gasteiger partial charge in [0.15, 0.2) is 0 Å². The van der Waals surface area contributed by atoms with Crippen molar-refractivity contribution in [1.29, 1.82) is 0 Å². The molecule has 3 rings (SSSR count). The number of hydrogen-bond donors (Lipinski definition) is 0. The van der Waals surface area contributed by atoms with Crippen molar-refractivity contribution in [2.75, 3.05) is 40.4 Å². The highest BCUT2D eigenvalue weighted by molar-refractivity contribution is 5.94. The van der Waals surface area contributed by atoms with Crippen molar-refractivity contribution in [2.24, 2.45) is 0 Å². The Morgan fingerprint density at radius 2 is 1.43 bits per heavy atom. The van der Waals surface area contributed by atoms with Crippen molar-refractivity contribution < 1.29 is 19.1 Å². The van der Waals surface area contributed by atoms with E-state index in [1.165, 1.54) is 0 Å². The highest BCUT2D eigenvalue weighted by Crippen LogP contribution is 2.23. The third-order valence-corrected chi connectivity index (χ3v) is 4.98. The fraction of sp³-hybridized carbons (Fsp3) is 0.364. The van der Waals surface area contributed by atoms with Gasteiger partial charge in [-0.2, -0.15) is 0 Å². The molecule has 0 unspecified atom stereocenters. The van der Waals surface area contributed by atoms with Gasteiger partial charge in [-0.25, -0.2) is 0 Å². The first kappa shape index (κ1) is 19.7. The first-order valence-electron chi connectivity index (χ1n) is 9.44. The summed E-state index contributed by atoms with van der Waals surface area (Å²) in [7, 11) is 3.22. The predicted octanol–water partition coefficient (Wildman–Crippen LogP) is 2.62. The standard InChI is InChI=1S/C22H26N2O4/c1-27-19-14-17(15-20(16-19)28-2)8-9-21(25)23-10-12-24(13-11-23)22(26)18-6-4-3-5-7-18/h3-7,14-16H,8-13H2,1-2H3. The van der Waals surface area contributed by atoms with Crippen LogP contribution in [-0.2, 0) is 11.2 Å². The van der Waals surface area contributed by atoms with Gasteiger partial charge < -0.3 is 19.3 Å². The van der Waals surface area contributed by atoms with Gasteiger partial charge in [0.05, 0.1) is 14.2 Å². The van der Waals surface area contributed by atoms with Crippen molar-refractivity contribution >= 4 is 11.8 Å². The molecule has 0 bridgehead atoms. The van der Waals surface area contributed by atoms with Crippen LogP contribution in [-0.4, -0.2) is 62.0 Å². The van der Waals surface area contributed by atoms with E-state index in [9.17, 15) is 9.59 Å². The van der Waals surface area contributed by atoms with E-state index in [0.717, 1.165) is 17.1 Å². The molecule has 148 valence electrons. The second-order valence-electron chi connectivity index (χ2n) is 6.76. The second kappa shape index (κ2) is 9.26. The van der Waals surface area contributed by atoms with Crippen LogP contribution in [0.15, 0.2) is 48.5 Å². The van der Waals surface area contributed by atoms with Gasteiger partial charge in [-0.05, 0) is 36.2 Å². The number of benzene rings is 2. The Labute approximate surface area is 165 Å². The molecule has 2 aromatic carbocycles. The molecule has 6 nitrogen and oxygen atoms in total. The van der Waals surface area contributed by atoms with Crippen molar-refractivity contribution in [2.45, 2.75) is 12.8 Å². The lowest BCUT2D eigenvalue weighted by atomic mass is 10.1. The fourth-order valence-corrected chi connectivity index (χ4v) is 3.34. The molecule has 28 heavy (non-hydrogen) atoms. The van der Waals surface area contributed by atoms with E-state index in [1.54, 1.807) is 14.2 Å². The third-order valence-electron chi connectivity index (χ3n) is 4.98. The third kappa shape index (κ3) is 4.82. The molecule has 2 aromatic rings. The van der Waals surface area contributed by atoms with Crippen molar-refractivity contribution in [3.8, 4) is 11.5 Å². The topological polar surface area (TPSA) is 59.1 Å². The van der Waals surface area contributed by atoms with Crippen LogP contribution in [0.3, 0.4) is 0 Å². The quantitative estimate of drug-likeness (QED) is 0.771. The maximum absolute atomic E-state index is 12.6. The summed E-state index contributed by atoms with van der Waals surface area (Å²) >= 11 is 0. The number of nitrogens with zero attached hydrogens (tertiary/aromatic N) is 2. The molecular weight excluding hydrogens is 356 g/mol. The number of carbonyl (C=O) groups excluding carboxylic acids is 2. The molecule has 0 aromatic heterocycles. The molecule has 0 spiro atoms. The smallest absolute Gasteiger partial charge is 0.253 e. The zero-order valence-corrected chi connectivity index (χ0v) is 16.4. The SMILES string of the molecule is COc1cc(CCC(=O)N2CCN(C(=O)c3ccccc3)CC2)cc(OC)c1. The summed E-state index contributed by atoms with van der Waals surface area (Å²) in [4.78, 5) is 28.7. The van der Waals surface area contributed by atoms with Gasteiger partial charge in [0, 0.05) is 44.2 Å². The molecule has 1 saturated heterocycles. The lowest BCUT2D eigenvalue weighted by Crippen LogP contribution is -2.50. The minimum Gasteiger partial charge on any atom is -0.497 e. The molecule has 0 N–H and O–H groups in total. The van der Waals surface area contributed by atoms with Crippen LogP contribution in [0.1, 0.15) is 22.3 Å². The summed E-state index contributed by atoms with van der Waals surface area (Å²) in [6, 6.07) is 14.9. The molecule has 2 amide bonds. The Bertz CT molecular complexity index is 792. The van der Waals surface area contributed by atoms with E-state index in [0.29, 0.717) is 44.6 Å². The molecule has 0 saturated carbocycles. The number of methoxy groups -OCH3 is 2. The number of ether oxygens (including phenoxy) is 2. The second-order valence-corrected chi connectivity index (χ2v) is 6.76. The summed E-state index contributed by atoms with van der Waals surface area (Å²) in [5.74, 6) is 1.56. The van der Waals surface area contributed by atoms with Gasteiger partial charge in [-0.15, -0.1) is 0 Å². The molecule has 0 atom stereocenters. The predicted molar refractivity (Wildman–Crippen MR) is 107 cm³/mol. The Hall–Kier alpha value is -3.02. The van der Waals surface area contributed by atoms with Crippen LogP contribution in [0, 0.1) is 0 Å². The summed E-state index contributed by atoms with van der Waals surface area (Å²) in [5, 5.41) is 0. The zero-order chi connectivity index (χ0) is 19.9. The largest absolute Gasteiger partial charge is 0.497 e. The Balaban J connectivity index is 1.51. The first-order valence-corrected chi connectivity index (χ1v) is 9.44. The molecule has 0 radical (unpaired) electrons. The maximum atomic E-state index is 12.6. The number of rotatable bonds is 6. The van der Waals surface area contributed by atoms with Crippen molar-refractivity contribution in [1.82, 2.24) is 9.80 Å². The highest BCUT2D eigenvalue weighted by Gasteiger charge is 2.24. The van der Waals surface area contributed by atoms with Gasteiger partial charge in [-0.1, -0.05) is 18.2 Å². The van der Waals surface area contributed by atoms with Gasteiger partial charge in [0.1, 0.15) is 11.5 Å². The van der Waals surface area contributed by atoms with Crippen LogP contribution in [0.4, 0.5) is 0 Å². The molecular formula is C22H26N2O4. The van der Waals surface area contributed by atoms with Gasteiger partial charge >= 0.3 is 0 Å². The maximum Gasteiger partial charge on any atom is 0.253 e. The van der Waals surface area contributed by atoms with Gasteiger partial charge in [0.25, 0.3) is 5.91 Å². The minimum absolute atomic E-state index is 0.0242. The molecule has 1 heterocycles. The fourth-order valence-electron chi connectivity index (χ4n) is 3.34. The highest BCUT2D eigenvalue weighted by atomic mass is 16.5. The lowest BCUT2D eigenvalue weighted by Gasteiger charge is -2.35. The number of aryl methyl sites for hydroxylation is 1. The molecule has 1 aliphatic heterocycles. The molecule has 1 aliphatic rings. The average molecular weight is 382 g/mol. The normalized spacial score (nSPS) is 13.9. The zero-order valence-electron chi connectivity index (χ0n) is 16.4. The molecule has 0 aliphatic carbocycles. The minimum atomic E-state index is 0.0242. The average Bonchev–Trinajstić information content (AvgIpc) is 2.77. The Morgan fingerprint density at radius 1 is 0.857 bits per heavy atom. The Morgan fingerprint density at radius 3 is 2.00 bits per heavy atom. The van der Waals surface area contributed by atoms with E-state index in [2.05, 4.69) is 0 Å². The van der Waals surface area contributed by atoms with Gasteiger partial charge in [-0.3, -0.25) is 9.59 Å². The summed E-state index contributed by atoms with van der Waals surface area (Å²) in [6.45, 7) is 2.26. The number of piperazine rings is 1. The monoisotopic (exact) mass is 382 g/mol. The Kier molecular flexibility index (Phi) is 6.53. The lowest BCUT2D eigenvalue weighted by molar-refractivity contribution is -0.132. The van der Waals surface area contributed by atoms with Crippen LogP contribution in [0.2, 0.25) is 0 Å². The van der Waals surface area contributed by atoms with E-state index in [-0.39, 0.29) is 11.8 Å². The number of amides is 2. The van der Waals surface area contributed by atoms with Crippen LogP contribution < -0.4 is 9.47 Å². The van der Waals surface area contributed by atoms with Gasteiger partial charge in [0.2, 0.25) is 5.91 Å². The van der Waals surface area contributed by atoms with E-state index in [1.807, 2.05) is 58.3 Å². The van der Waals surface area contributed by atoms with Crippen LogP contribution in [0.25, 0.3) is 0 Å². The number of carbonyl (C=O) groups is 2. The van der Waals surface area contributed by atoms with Crippen LogP contribution >= 0.6 is 0 Å². The molecule has 6 heteroatoms. The van der Waals surface area contributed by atoms with E-state index in [4.69, 9.17) is 9.47 Å². The first-order chi connectivity index (χ1) is 13.6. The van der Waals surface area contributed by atoms with E-state index < -0.39 is 0 Å².